The first-order valence-electron chi connectivity index (χ1n) is 7.54. The van der Waals surface area contributed by atoms with Gasteiger partial charge in [-0.05, 0) is 64.4 Å². The lowest BCUT2D eigenvalue weighted by Gasteiger charge is -2.19. The molecule has 3 N–H and O–H groups in total. The Morgan fingerprint density at radius 1 is 0.720 bits per heavy atom. The number of fused-ring (bicyclic) bond motifs is 2. The van der Waals surface area contributed by atoms with Crippen LogP contribution >= 0.6 is 0 Å². The lowest BCUT2D eigenvalue weighted by atomic mass is 9.83. The van der Waals surface area contributed by atoms with E-state index in [1.165, 1.54) is 42.5 Å². The molecule has 25 heavy (non-hydrogen) atoms. The Kier molecular flexibility index (Phi) is 3.12. The molecule has 122 valence electrons. The fourth-order valence-electron chi connectivity index (χ4n) is 3.15. The summed E-state index contributed by atoms with van der Waals surface area (Å²) in [5.74, 6) is -1.63. The minimum atomic E-state index is -0.732. The Bertz CT molecular complexity index is 1100. The van der Waals surface area contributed by atoms with Crippen molar-refractivity contribution in [1.82, 2.24) is 0 Å². The summed E-state index contributed by atoms with van der Waals surface area (Å²) in [7, 11) is 0. The SMILES string of the molecule is O=C1C=C(c2c(O)ccc3ccc(O)cc23)c2ccc(O)cc2C1=O. The summed E-state index contributed by atoms with van der Waals surface area (Å²) in [5, 5.41) is 31.2. The minimum absolute atomic E-state index is 0.0177. The van der Waals surface area contributed by atoms with Crippen LogP contribution in [0.15, 0.2) is 54.6 Å². The smallest absolute Gasteiger partial charge is 0.233 e. The number of benzene rings is 3. The topological polar surface area (TPSA) is 94.8 Å². The number of rotatable bonds is 1. The second kappa shape index (κ2) is 5.21. The molecule has 0 unspecified atom stereocenters. The van der Waals surface area contributed by atoms with Gasteiger partial charge in [0.05, 0.1) is 0 Å². The summed E-state index contributed by atoms with van der Waals surface area (Å²) in [6, 6.07) is 12.1. The van der Waals surface area contributed by atoms with Gasteiger partial charge in [0, 0.05) is 11.1 Å². The maximum Gasteiger partial charge on any atom is 0.233 e. The molecule has 4 rings (SSSR count). The molecule has 0 aromatic heterocycles. The number of phenols is 3. The van der Waals surface area contributed by atoms with Crippen molar-refractivity contribution >= 4 is 27.9 Å². The van der Waals surface area contributed by atoms with Crippen molar-refractivity contribution in [3.63, 3.8) is 0 Å². The number of hydrogen-bond acceptors (Lipinski definition) is 5. The fraction of sp³-hybridized carbons (Fsp3) is 0. The second-order valence-corrected chi connectivity index (χ2v) is 5.85. The molecule has 1 aliphatic carbocycles. The first-order chi connectivity index (χ1) is 12.0. The fourth-order valence-corrected chi connectivity index (χ4v) is 3.15. The number of allylic oxidation sites excluding steroid dienone is 1. The van der Waals surface area contributed by atoms with Crippen molar-refractivity contribution in [3.05, 3.63) is 71.3 Å². The van der Waals surface area contributed by atoms with Gasteiger partial charge in [-0.15, -0.1) is 0 Å². The number of Topliss-reactive ketones (excluding diaryl/α,β-unsaturated/α-hetero) is 1. The number of aromatic hydroxyl groups is 3. The number of phenolic OH excluding ortho intramolecular Hbond substituents is 3. The summed E-state index contributed by atoms with van der Waals surface area (Å²) < 4.78 is 0. The van der Waals surface area contributed by atoms with Crippen LogP contribution in [0, 0.1) is 0 Å². The third-order valence-corrected chi connectivity index (χ3v) is 4.29. The number of hydrogen-bond donors (Lipinski definition) is 3. The largest absolute Gasteiger partial charge is 0.508 e. The van der Waals surface area contributed by atoms with Crippen LogP contribution in [0.1, 0.15) is 21.5 Å². The maximum atomic E-state index is 12.1. The Morgan fingerprint density at radius 2 is 1.40 bits per heavy atom. The second-order valence-electron chi connectivity index (χ2n) is 5.85. The highest BCUT2D eigenvalue weighted by Gasteiger charge is 2.28. The highest BCUT2D eigenvalue weighted by atomic mass is 16.3. The number of carbonyl (C=O) groups is 2. The summed E-state index contributed by atoms with van der Waals surface area (Å²) >= 11 is 0. The van der Waals surface area contributed by atoms with Gasteiger partial charge in [0.1, 0.15) is 17.2 Å². The molecule has 5 nitrogen and oxygen atoms in total. The molecular formula is C20H12O5. The van der Waals surface area contributed by atoms with Crippen molar-refractivity contribution in [2.45, 2.75) is 0 Å². The average molecular weight is 332 g/mol. The molecule has 3 aromatic carbocycles. The van der Waals surface area contributed by atoms with Crippen LogP contribution in [0.4, 0.5) is 0 Å². The lowest BCUT2D eigenvalue weighted by Crippen LogP contribution is -2.19. The molecule has 5 heteroatoms. The predicted octanol–water partition coefficient (Wildman–Crippen LogP) is 3.15. The van der Waals surface area contributed by atoms with E-state index in [-0.39, 0.29) is 22.8 Å². The van der Waals surface area contributed by atoms with E-state index >= 15 is 0 Å². The van der Waals surface area contributed by atoms with Crippen LogP contribution in [0.3, 0.4) is 0 Å². The lowest BCUT2D eigenvalue weighted by molar-refractivity contribution is -0.110. The van der Waals surface area contributed by atoms with Gasteiger partial charge >= 0.3 is 0 Å². The molecular weight excluding hydrogens is 320 g/mol. The molecule has 0 spiro atoms. The molecule has 3 aromatic rings. The van der Waals surface area contributed by atoms with Crippen molar-refractivity contribution < 1.29 is 24.9 Å². The summed E-state index contributed by atoms with van der Waals surface area (Å²) in [4.78, 5) is 24.3. The van der Waals surface area contributed by atoms with Crippen LogP contribution in [0.25, 0.3) is 16.3 Å². The van der Waals surface area contributed by atoms with Crippen LogP contribution in [-0.2, 0) is 4.79 Å². The minimum Gasteiger partial charge on any atom is -0.508 e. The molecule has 0 fully saturated rings. The van der Waals surface area contributed by atoms with E-state index in [0.29, 0.717) is 22.1 Å². The van der Waals surface area contributed by atoms with E-state index in [1.54, 1.807) is 12.1 Å². The monoisotopic (exact) mass is 332 g/mol. The normalized spacial score (nSPS) is 13.7. The van der Waals surface area contributed by atoms with E-state index in [2.05, 4.69) is 0 Å². The van der Waals surface area contributed by atoms with Crippen LogP contribution in [0.2, 0.25) is 0 Å². The summed E-state index contributed by atoms with van der Waals surface area (Å²) in [6.45, 7) is 0. The Hall–Kier alpha value is -3.60. The van der Waals surface area contributed by atoms with E-state index in [1.807, 2.05) is 0 Å². The van der Waals surface area contributed by atoms with Gasteiger partial charge in [-0.2, -0.15) is 0 Å². The highest BCUT2D eigenvalue weighted by Crippen LogP contribution is 2.41. The van der Waals surface area contributed by atoms with Gasteiger partial charge in [0.15, 0.2) is 0 Å². The first-order valence-corrected chi connectivity index (χ1v) is 7.54. The van der Waals surface area contributed by atoms with Crippen LogP contribution in [0.5, 0.6) is 17.2 Å². The van der Waals surface area contributed by atoms with Crippen molar-refractivity contribution in [2.24, 2.45) is 0 Å². The van der Waals surface area contributed by atoms with Gasteiger partial charge in [0.25, 0.3) is 0 Å². The first kappa shape index (κ1) is 15.0. The zero-order valence-corrected chi connectivity index (χ0v) is 12.9. The maximum absolute atomic E-state index is 12.1. The quantitative estimate of drug-likeness (QED) is 0.595. The van der Waals surface area contributed by atoms with E-state index < -0.39 is 11.6 Å². The van der Waals surface area contributed by atoms with Crippen LogP contribution < -0.4 is 0 Å². The molecule has 0 saturated carbocycles. The van der Waals surface area contributed by atoms with Gasteiger partial charge < -0.3 is 15.3 Å². The Balaban J connectivity index is 2.09. The summed E-state index contributed by atoms with van der Waals surface area (Å²) in [6.07, 6.45) is 1.18. The molecule has 0 saturated heterocycles. The van der Waals surface area contributed by atoms with E-state index in [9.17, 15) is 24.9 Å². The van der Waals surface area contributed by atoms with Crippen molar-refractivity contribution in [1.29, 1.82) is 0 Å². The molecule has 0 aliphatic heterocycles. The molecule has 0 heterocycles. The molecule has 0 atom stereocenters. The van der Waals surface area contributed by atoms with Gasteiger partial charge in [-0.3, -0.25) is 9.59 Å². The Labute approximate surface area is 142 Å². The van der Waals surface area contributed by atoms with Crippen molar-refractivity contribution in [2.75, 3.05) is 0 Å². The number of carbonyl (C=O) groups excluding carboxylic acids is 2. The zero-order chi connectivity index (χ0) is 17.7. The van der Waals surface area contributed by atoms with Gasteiger partial charge in [-0.25, -0.2) is 0 Å². The summed E-state index contributed by atoms with van der Waals surface area (Å²) in [5.41, 5.74) is 1.24. The predicted molar refractivity (Wildman–Crippen MR) is 91.8 cm³/mol. The highest BCUT2D eigenvalue weighted by molar-refractivity contribution is 6.51. The Morgan fingerprint density at radius 3 is 2.20 bits per heavy atom. The molecule has 0 bridgehead atoms. The van der Waals surface area contributed by atoms with Crippen molar-refractivity contribution in [3.8, 4) is 17.2 Å². The van der Waals surface area contributed by atoms with E-state index in [4.69, 9.17) is 0 Å². The number of ketones is 2. The molecule has 0 radical (unpaired) electrons. The molecule has 0 amide bonds. The molecule has 1 aliphatic rings. The zero-order valence-electron chi connectivity index (χ0n) is 12.9. The average Bonchev–Trinajstić information content (AvgIpc) is 2.58. The van der Waals surface area contributed by atoms with Gasteiger partial charge in [0.2, 0.25) is 11.6 Å². The van der Waals surface area contributed by atoms with Crippen LogP contribution in [-0.4, -0.2) is 26.9 Å². The standard InChI is InChI=1S/C20H12O5/c21-11-3-1-10-2-6-17(23)19(14(10)7-11)15-9-18(24)20(25)16-8-12(22)4-5-13(15)16/h1-9,21-23H. The third kappa shape index (κ3) is 2.25. The third-order valence-electron chi connectivity index (χ3n) is 4.29. The van der Waals surface area contributed by atoms with Gasteiger partial charge in [-0.1, -0.05) is 12.1 Å². The van der Waals surface area contributed by atoms with E-state index in [0.717, 1.165) is 5.39 Å².